The number of sulfonamides is 1. The number of halogens is 4. The fourth-order valence-electron chi connectivity index (χ4n) is 4.28. The first-order valence-electron chi connectivity index (χ1n) is 11.8. The number of carbonyl (C=O) groups is 2. The Labute approximate surface area is 238 Å². The average Bonchev–Trinajstić information content (AvgIpc) is 2.81. The van der Waals surface area contributed by atoms with Gasteiger partial charge in [-0.05, 0) is 55.7 Å². The van der Waals surface area contributed by atoms with Crippen LogP contribution in [0.4, 0.5) is 5.69 Å². The van der Waals surface area contributed by atoms with E-state index in [1.807, 2.05) is 0 Å². The van der Waals surface area contributed by atoms with E-state index < -0.39 is 28.5 Å². The molecule has 0 radical (unpaired) electrons. The van der Waals surface area contributed by atoms with Crippen LogP contribution >= 0.6 is 46.4 Å². The van der Waals surface area contributed by atoms with E-state index in [0.717, 1.165) is 42.7 Å². The van der Waals surface area contributed by atoms with Gasteiger partial charge in [-0.1, -0.05) is 71.7 Å². The van der Waals surface area contributed by atoms with Gasteiger partial charge in [-0.3, -0.25) is 13.9 Å². The molecule has 0 unspecified atom stereocenters. The summed E-state index contributed by atoms with van der Waals surface area (Å²) in [6.07, 6.45) is 5.97. The molecule has 1 fully saturated rings. The summed E-state index contributed by atoms with van der Waals surface area (Å²) in [7, 11) is -3.90. The van der Waals surface area contributed by atoms with E-state index in [4.69, 9.17) is 46.4 Å². The van der Waals surface area contributed by atoms with Gasteiger partial charge in [0.1, 0.15) is 12.6 Å². The minimum absolute atomic E-state index is 0.0167. The highest BCUT2D eigenvalue weighted by atomic mass is 35.5. The first kappa shape index (κ1) is 29.8. The number of nitrogens with one attached hydrogen (secondary N) is 1. The maximum Gasteiger partial charge on any atom is 0.244 e. The third-order valence-electron chi connectivity index (χ3n) is 6.27. The second kappa shape index (κ2) is 12.9. The maximum absolute atomic E-state index is 13.7. The Kier molecular flexibility index (Phi) is 10.4. The van der Waals surface area contributed by atoms with Crippen LogP contribution in [0.1, 0.15) is 44.6 Å². The number of amides is 2. The number of hydrogen-bond acceptors (Lipinski definition) is 4. The second-order valence-electron chi connectivity index (χ2n) is 9.19. The van der Waals surface area contributed by atoms with Gasteiger partial charge in [-0.2, -0.15) is 0 Å². The molecule has 1 N–H and O–H groups in total. The van der Waals surface area contributed by atoms with Crippen molar-refractivity contribution in [2.24, 2.45) is 0 Å². The monoisotopic (exact) mass is 607 g/mol. The second-order valence-corrected chi connectivity index (χ2v) is 12.8. The summed E-state index contributed by atoms with van der Waals surface area (Å²) in [5.41, 5.74) is 0.777. The van der Waals surface area contributed by atoms with E-state index in [0.29, 0.717) is 15.6 Å². The molecule has 7 nitrogen and oxygen atoms in total. The molecule has 3 rings (SSSR count). The number of rotatable bonds is 9. The minimum atomic E-state index is -3.90. The molecule has 1 aliphatic carbocycles. The molecule has 0 aromatic heterocycles. The van der Waals surface area contributed by atoms with Crippen LogP contribution in [0.15, 0.2) is 36.4 Å². The SMILES string of the molecule is C[C@H](C(=O)NC1CCCCC1)N(Cc1ccc(Cl)c(Cl)c1)C(=O)CN(c1cc(Cl)cc(Cl)c1)S(C)(=O)=O. The number of nitrogens with zero attached hydrogens (tertiary/aromatic N) is 2. The molecule has 1 saturated carbocycles. The molecule has 0 saturated heterocycles. The molecule has 2 aromatic rings. The Morgan fingerprint density at radius 3 is 2.16 bits per heavy atom. The minimum Gasteiger partial charge on any atom is -0.352 e. The number of carbonyl (C=O) groups excluding carboxylic acids is 2. The van der Waals surface area contributed by atoms with Gasteiger partial charge in [0.2, 0.25) is 21.8 Å². The Balaban J connectivity index is 1.91. The van der Waals surface area contributed by atoms with Crippen LogP contribution in [-0.4, -0.2) is 50.0 Å². The summed E-state index contributed by atoms with van der Waals surface area (Å²) in [6.45, 7) is 1.08. The summed E-state index contributed by atoms with van der Waals surface area (Å²) in [6, 6.07) is 8.36. The third-order valence-corrected chi connectivity index (χ3v) is 8.59. The van der Waals surface area contributed by atoms with Crippen LogP contribution in [0, 0.1) is 0 Å². The lowest BCUT2D eigenvalue weighted by atomic mass is 9.95. The Hall–Kier alpha value is -1.71. The summed E-state index contributed by atoms with van der Waals surface area (Å²) < 4.78 is 26.3. The van der Waals surface area contributed by atoms with Gasteiger partial charge in [0, 0.05) is 22.6 Å². The molecule has 202 valence electrons. The zero-order chi connectivity index (χ0) is 27.3. The molecule has 0 bridgehead atoms. The molecular weight excluding hydrogens is 580 g/mol. The van der Waals surface area contributed by atoms with Gasteiger partial charge in [0.05, 0.1) is 22.0 Å². The van der Waals surface area contributed by atoms with Crippen LogP contribution in [0.25, 0.3) is 0 Å². The highest BCUT2D eigenvalue weighted by Crippen LogP contribution is 2.28. The van der Waals surface area contributed by atoms with Crippen molar-refractivity contribution < 1.29 is 18.0 Å². The standard InChI is InChI=1S/C25H29Cl4N3O4S/c1-16(25(34)30-20-6-4-3-5-7-20)31(14-17-8-9-22(28)23(29)10-17)24(33)15-32(37(2,35)36)21-12-18(26)11-19(27)13-21/h8-13,16,20H,3-7,14-15H2,1-2H3,(H,30,34)/t16-/m1/s1. The predicted molar refractivity (Wildman–Crippen MR) is 150 cm³/mol. The van der Waals surface area contributed by atoms with Crippen molar-refractivity contribution in [2.45, 2.75) is 57.7 Å². The quantitative estimate of drug-likeness (QED) is 0.382. The van der Waals surface area contributed by atoms with Crippen LogP contribution < -0.4 is 9.62 Å². The van der Waals surface area contributed by atoms with Crippen molar-refractivity contribution in [2.75, 3.05) is 17.1 Å². The highest BCUT2D eigenvalue weighted by Gasteiger charge is 2.31. The van der Waals surface area contributed by atoms with Crippen LogP contribution in [0.5, 0.6) is 0 Å². The molecule has 37 heavy (non-hydrogen) atoms. The fraction of sp³-hybridized carbons (Fsp3) is 0.440. The lowest BCUT2D eigenvalue weighted by Crippen LogP contribution is -2.53. The van der Waals surface area contributed by atoms with E-state index in [1.54, 1.807) is 25.1 Å². The van der Waals surface area contributed by atoms with Gasteiger partial charge in [-0.15, -0.1) is 0 Å². The molecule has 0 spiro atoms. The van der Waals surface area contributed by atoms with Crippen molar-refractivity contribution in [1.82, 2.24) is 10.2 Å². The molecule has 2 aromatic carbocycles. The normalized spacial score (nSPS) is 15.2. The lowest BCUT2D eigenvalue weighted by Gasteiger charge is -2.33. The van der Waals surface area contributed by atoms with Crippen LogP contribution in [-0.2, 0) is 26.2 Å². The Morgan fingerprint density at radius 1 is 0.973 bits per heavy atom. The first-order chi connectivity index (χ1) is 17.3. The van der Waals surface area contributed by atoms with Gasteiger partial charge in [0.25, 0.3) is 0 Å². The summed E-state index contributed by atoms with van der Waals surface area (Å²) in [5, 5.41) is 4.14. The zero-order valence-corrected chi connectivity index (χ0v) is 24.4. The van der Waals surface area contributed by atoms with Crippen molar-refractivity contribution in [3.8, 4) is 0 Å². The average molecular weight is 609 g/mol. The lowest BCUT2D eigenvalue weighted by molar-refractivity contribution is -0.139. The smallest absolute Gasteiger partial charge is 0.244 e. The summed E-state index contributed by atoms with van der Waals surface area (Å²) >= 11 is 24.4. The largest absolute Gasteiger partial charge is 0.352 e. The molecule has 1 aliphatic rings. The molecule has 0 aliphatic heterocycles. The third kappa shape index (κ3) is 8.39. The molecular formula is C25H29Cl4N3O4S. The van der Waals surface area contributed by atoms with Crippen molar-refractivity contribution in [1.29, 1.82) is 0 Å². The van der Waals surface area contributed by atoms with Crippen molar-refractivity contribution in [3.05, 3.63) is 62.1 Å². The number of anilines is 1. The Bertz CT molecular complexity index is 1230. The van der Waals surface area contributed by atoms with Crippen molar-refractivity contribution in [3.63, 3.8) is 0 Å². The van der Waals surface area contributed by atoms with Crippen LogP contribution in [0.2, 0.25) is 20.1 Å². The highest BCUT2D eigenvalue weighted by molar-refractivity contribution is 7.92. The molecule has 12 heteroatoms. The van der Waals surface area contributed by atoms with E-state index in [1.165, 1.54) is 23.1 Å². The summed E-state index contributed by atoms with van der Waals surface area (Å²) in [5.74, 6) is -0.893. The maximum atomic E-state index is 13.7. The number of hydrogen-bond donors (Lipinski definition) is 1. The van der Waals surface area contributed by atoms with Gasteiger partial charge in [0.15, 0.2) is 0 Å². The van der Waals surface area contributed by atoms with Gasteiger partial charge >= 0.3 is 0 Å². The van der Waals surface area contributed by atoms with Crippen LogP contribution in [0.3, 0.4) is 0 Å². The number of benzene rings is 2. The van der Waals surface area contributed by atoms with E-state index >= 15 is 0 Å². The van der Waals surface area contributed by atoms with Gasteiger partial charge in [-0.25, -0.2) is 8.42 Å². The van der Waals surface area contributed by atoms with E-state index in [9.17, 15) is 18.0 Å². The molecule has 0 heterocycles. The molecule has 2 amide bonds. The Morgan fingerprint density at radius 2 is 1.59 bits per heavy atom. The molecule has 1 atom stereocenters. The first-order valence-corrected chi connectivity index (χ1v) is 15.2. The van der Waals surface area contributed by atoms with E-state index in [-0.39, 0.29) is 34.2 Å². The topological polar surface area (TPSA) is 86.8 Å². The predicted octanol–water partition coefficient (Wildman–Crippen LogP) is 5.93. The van der Waals surface area contributed by atoms with Gasteiger partial charge < -0.3 is 10.2 Å². The zero-order valence-electron chi connectivity index (χ0n) is 20.5. The fourth-order valence-corrected chi connectivity index (χ4v) is 5.95. The van der Waals surface area contributed by atoms with Crippen molar-refractivity contribution >= 4 is 73.9 Å². The summed E-state index contributed by atoms with van der Waals surface area (Å²) in [4.78, 5) is 28.2. The van der Waals surface area contributed by atoms with E-state index in [2.05, 4.69) is 5.32 Å².